The van der Waals surface area contributed by atoms with Gasteiger partial charge < -0.3 is 10.6 Å². The van der Waals surface area contributed by atoms with E-state index in [1.807, 2.05) is 6.07 Å². The summed E-state index contributed by atoms with van der Waals surface area (Å²) in [6.45, 7) is 1.30. The van der Waals surface area contributed by atoms with Crippen molar-refractivity contribution in [3.8, 4) is 0 Å². The van der Waals surface area contributed by atoms with E-state index in [4.69, 9.17) is 0 Å². The first-order valence-corrected chi connectivity index (χ1v) is 6.88. The van der Waals surface area contributed by atoms with Crippen LogP contribution >= 0.6 is 0 Å². The summed E-state index contributed by atoms with van der Waals surface area (Å²) in [5, 5.41) is 16.8. The zero-order valence-corrected chi connectivity index (χ0v) is 11.3. The molecule has 0 aromatic heterocycles. The van der Waals surface area contributed by atoms with Crippen LogP contribution in [0.1, 0.15) is 31.2 Å². The molecule has 6 nitrogen and oxygen atoms in total. The van der Waals surface area contributed by atoms with Crippen molar-refractivity contribution in [2.24, 2.45) is 0 Å². The summed E-state index contributed by atoms with van der Waals surface area (Å²) >= 11 is 0. The molecule has 1 saturated carbocycles. The molecule has 2 N–H and O–H groups in total. The monoisotopic (exact) mass is 277 g/mol. The predicted octanol–water partition coefficient (Wildman–Crippen LogP) is 1.74. The minimum atomic E-state index is -0.397. The number of carbonyl (C=O) groups is 1. The van der Waals surface area contributed by atoms with Gasteiger partial charge >= 0.3 is 0 Å². The number of amides is 1. The van der Waals surface area contributed by atoms with Crippen LogP contribution < -0.4 is 10.6 Å². The Balaban J connectivity index is 1.61. The molecule has 1 amide bonds. The average Bonchev–Trinajstić information content (AvgIpc) is 3.22. The Kier molecular flexibility index (Phi) is 5.06. The minimum Gasteiger partial charge on any atom is -0.353 e. The largest absolute Gasteiger partial charge is 0.353 e. The molecule has 0 atom stereocenters. The zero-order valence-electron chi connectivity index (χ0n) is 11.3. The van der Waals surface area contributed by atoms with Gasteiger partial charge in [0.2, 0.25) is 5.91 Å². The molecule has 0 radical (unpaired) electrons. The third-order valence-corrected chi connectivity index (χ3v) is 3.15. The number of nitrogens with one attached hydrogen (secondary N) is 2. The summed E-state index contributed by atoms with van der Waals surface area (Å²) in [6.07, 6.45) is 3.51. The topological polar surface area (TPSA) is 84.3 Å². The van der Waals surface area contributed by atoms with E-state index in [0.29, 0.717) is 19.0 Å². The fraction of sp³-hybridized carbons (Fsp3) is 0.500. The number of nitrogens with zero attached hydrogens (tertiary/aromatic N) is 1. The molecule has 0 heterocycles. The van der Waals surface area contributed by atoms with Crippen LogP contribution in [0.3, 0.4) is 0 Å². The third-order valence-electron chi connectivity index (χ3n) is 3.15. The molecule has 1 aromatic rings. The number of benzene rings is 1. The molecule has 0 saturated heterocycles. The van der Waals surface area contributed by atoms with E-state index in [1.165, 1.54) is 6.07 Å². The fourth-order valence-electron chi connectivity index (χ4n) is 1.91. The van der Waals surface area contributed by atoms with Crippen LogP contribution in [0.5, 0.6) is 0 Å². The van der Waals surface area contributed by atoms with E-state index >= 15 is 0 Å². The van der Waals surface area contributed by atoms with Crippen LogP contribution in [-0.4, -0.2) is 23.4 Å². The van der Waals surface area contributed by atoms with Crippen molar-refractivity contribution in [2.75, 3.05) is 6.54 Å². The number of nitro benzene ring substituents is 1. The van der Waals surface area contributed by atoms with E-state index in [1.54, 1.807) is 12.1 Å². The molecule has 2 rings (SSSR count). The van der Waals surface area contributed by atoms with E-state index in [-0.39, 0.29) is 11.6 Å². The Bertz CT molecular complexity index is 486. The van der Waals surface area contributed by atoms with Gasteiger partial charge in [0.05, 0.1) is 4.92 Å². The first-order chi connectivity index (χ1) is 9.65. The van der Waals surface area contributed by atoms with Crippen LogP contribution in [-0.2, 0) is 11.3 Å². The summed E-state index contributed by atoms with van der Waals surface area (Å²) in [6, 6.07) is 6.98. The Morgan fingerprint density at radius 3 is 2.90 bits per heavy atom. The van der Waals surface area contributed by atoms with Crippen molar-refractivity contribution in [1.82, 2.24) is 10.6 Å². The second-order valence-corrected chi connectivity index (χ2v) is 5.05. The summed E-state index contributed by atoms with van der Waals surface area (Å²) in [7, 11) is 0. The number of hydrogen-bond acceptors (Lipinski definition) is 4. The van der Waals surface area contributed by atoms with E-state index in [0.717, 1.165) is 31.4 Å². The highest BCUT2D eigenvalue weighted by Crippen LogP contribution is 2.18. The molecular weight excluding hydrogens is 258 g/mol. The SMILES string of the molecule is O=C(CCCNCc1cccc([N+](=O)[O-])c1)NC1CC1. The van der Waals surface area contributed by atoms with Gasteiger partial charge in [0.1, 0.15) is 0 Å². The van der Waals surface area contributed by atoms with E-state index < -0.39 is 4.92 Å². The second kappa shape index (κ2) is 7.00. The first kappa shape index (κ1) is 14.5. The molecule has 1 aliphatic carbocycles. The third kappa shape index (κ3) is 4.97. The van der Waals surface area contributed by atoms with E-state index in [2.05, 4.69) is 10.6 Å². The molecule has 1 fully saturated rings. The number of rotatable bonds is 8. The second-order valence-electron chi connectivity index (χ2n) is 5.05. The summed E-state index contributed by atoms with van der Waals surface area (Å²) in [4.78, 5) is 21.7. The molecule has 0 spiro atoms. The molecule has 0 unspecified atom stereocenters. The van der Waals surface area contributed by atoms with Gasteiger partial charge in [-0.25, -0.2) is 0 Å². The number of carbonyl (C=O) groups excluding carboxylic acids is 1. The van der Waals surface area contributed by atoms with Crippen molar-refractivity contribution in [2.45, 2.75) is 38.3 Å². The minimum absolute atomic E-state index is 0.105. The smallest absolute Gasteiger partial charge is 0.269 e. The van der Waals surface area contributed by atoms with Gasteiger partial charge in [-0.05, 0) is 31.4 Å². The van der Waals surface area contributed by atoms with Gasteiger partial charge in [0, 0.05) is 31.1 Å². The maximum atomic E-state index is 11.4. The van der Waals surface area contributed by atoms with Crippen LogP contribution in [0, 0.1) is 10.1 Å². The van der Waals surface area contributed by atoms with Crippen molar-refractivity contribution < 1.29 is 9.72 Å². The summed E-state index contributed by atoms with van der Waals surface area (Å²) in [5.74, 6) is 0.115. The standard InChI is InChI=1S/C14H19N3O3/c18-14(16-12-6-7-12)5-2-8-15-10-11-3-1-4-13(9-11)17(19)20/h1,3-4,9,12,15H,2,5-8,10H2,(H,16,18). The van der Waals surface area contributed by atoms with Crippen molar-refractivity contribution in [1.29, 1.82) is 0 Å². The number of hydrogen-bond donors (Lipinski definition) is 2. The first-order valence-electron chi connectivity index (χ1n) is 6.88. The molecule has 1 aromatic carbocycles. The molecule has 6 heteroatoms. The Morgan fingerprint density at radius 2 is 2.20 bits per heavy atom. The van der Waals surface area contributed by atoms with Crippen molar-refractivity contribution >= 4 is 11.6 Å². The van der Waals surface area contributed by atoms with Crippen LogP contribution in [0.25, 0.3) is 0 Å². The molecule has 20 heavy (non-hydrogen) atoms. The lowest BCUT2D eigenvalue weighted by atomic mass is 10.2. The summed E-state index contributed by atoms with van der Waals surface area (Å²) < 4.78 is 0. The van der Waals surface area contributed by atoms with Gasteiger partial charge in [-0.15, -0.1) is 0 Å². The molecule has 0 aliphatic heterocycles. The lowest BCUT2D eigenvalue weighted by Crippen LogP contribution is -2.26. The van der Waals surface area contributed by atoms with E-state index in [9.17, 15) is 14.9 Å². The Hall–Kier alpha value is -1.95. The Labute approximate surface area is 117 Å². The highest BCUT2D eigenvalue weighted by Gasteiger charge is 2.22. The number of non-ortho nitro benzene ring substituents is 1. The summed E-state index contributed by atoms with van der Waals surface area (Å²) in [5.41, 5.74) is 0.981. The van der Waals surface area contributed by atoms with Gasteiger partial charge in [-0.2, -0.15) is 0 Å². The lowest BCUT2D eigenvalue weighted by molar-refractivity contribution is -0.384. The molecule has 108 valence electrons. The number of nitro groups is 1. The highest BCUT2D eigenvalue weighted by atomic mass is 16.6. The van der Waals surface area contributed by atoms with Gasteiger partial charge in [-0.1, -0.05) is 12.1 Å². The maximum absolute atomic E-state index is 11.4. The van der Waals surface area contributed by atoms with Crippen molar-refractivity contribution in [3.63, 3.8) is 0 Å². The molecular formula is C14H19N3O3. The van der Waals surface area contributed by atoms with Gasteiger partial charge in [-0.3, -0.25) is 14.9 Å². The Morgan fingerprint density at radius 1 is 1.40 bits per heavy atom. The molecule has 0 bridgehead atoms. The normalized spacial score (nSPS) is 14.0. The van der Waals surface area contributed by atoms with Gasteiger partial charge in [0.25, 0.3) is 5.69 Å². The lowest BCUT2D eigenvalue weighted by Gasteiger charge is -2.05. The fourth-order valence-corrected chi connectivity index (χ4v) is 1.91. The maximum Gasteiger partial charge on any atom is 0.269 e. The molecule has 1 aliphatic rings. The predicted molar refractivity (Wildman–Crippen MR) is 75.2 cm³/mol. The van der Waals surface area contributed by atoms with Crippen LogP contribution in [0.4, 0.5) is 5.69 Å². The highest BCUT2D eigenvalue weighted by molar-refractivity contribution is 5.76. The quantitative estimate of drug-likeness (QED) is 0.430. The van der Waals surface area contributed by atoms with Crippen molar-refractivity contribution in [3.05, 3.63) is 39.9 Å². The average molecular weight is 277 g/mol. The van der Waals surface area contributed by atoms with Crippen LogP contribution in [0.2, 0.25) is 0 Å². The van der Waals surface area contributed by atoms with Gasteiger partial charge in [0.15, 0.2) is 0 Å². The van der Waals surface area contributed by atoms with Crippen LogP contribution in [0.15, 0.2) is 24.3 Å². The zero-order chi connectivity index (χ0) is 14.4.